The van der Waals surface area contributed by atoms with Gasteiger partial charge in [-0.1, -0.05) is 11.6 Å². The lowest BCUT2D eigenvalue weighted by molar-refractivity contribution is -0.119. The van der Waals surface area contributed by atoms with Crippen LogP contribution in [0.15, 0.2) is 30.3 Å². The number of aromatic nitrogens is 1. The second-order valence-corrected chi connectivity index (χ2v) is 10.2. The summed E-state index contributed by atoms with van der Waals surface area (Å²) in [5, 5.41) is 6.99. The second-order valence-electron chi connectivity index (χ2n) is 6.44. The fraction of sp³-hybridized carbons (Fsp3) is 0.150. The van der Waals surface area contributed by atoms with E-state index in [-0.39, 0.29) is 17.6 Å². The van der Waals surface area contributed by atoms with Gasteiger partial charge in [0.2, 0.25) is 5.91 Å². The van der Waals surface area contributed by atoms with Gasteiger partial charge in [0, 0.05) is 26.8 Å². The lowest BCUT2D eigenvalue weighted by Crippen LogP contribution is -2.17. The lowest BCUT2D eigenvalue weighted by Gasteiger charge is -1.99. The Balaban J connectivity index is 1.54. The number of thiophene rings is 2. The summed E-state index contributed by atoms with van der Waals surface area (Å²) in [4.78, 5) is 31.7. The van der Waals surface area contributed by atoms with E-state index < -0.39 is 0 Å². The van der Waals surface area contributed by atoms with Crippen molar-refractivity contribution >= 4 is 72.6 Å². The van der Waals surface area contributed by atoms with Gasteiger partial charge >= 0.3 is 0 Å². The van der Waals surface area contributed by atoms with Crippen molar-refractivity contribution in [3.8, 4) is 10.6 Å². The van der Waals surface area contributed by atoms with E-state index in [9.17, 15) is 14.0 Å². The van der Waals surface area contributed by atoms with Crippen LogP contribution < -0.4 is 10.6 Å². The summed E-state index contributed by atoms with van der Waals surface area (Å²) in [6, 6.07) is 8.15. The average Bonchev–Trinajstić information content (AvgIpc) is 3.37. The molecule has 0 radical (unpaired) electrons. The van der Waals surface area contributed by atoms with E-state index in [0.29, 0.717) is 31.7 Å². The van der Waals surface area contributed by atoms with Crippen molar-refractivity contribution in [2.45, 2.75) is 20.4 Å². The molecule has 2 N–H and O–H groups in total. The van der Waals surface area contributed by atoms with Crippen LogP contribution in [0, 0.1) is 12.7 Å². The molecule has 3 aromatic heterocycles. The maximum absolute atomic E-state index is 13.5. The van der Waals surface area contributed by atoms with E-state index in [1.165, 1.54) is 41.7 Å². The zero-order valence-electron chi connectivity index (χ0n) is 15.8. The SMILES string of the molecule is CC(=O)NCc1ccc(-c2nc(NC(=O)c3sc4cc(F)ccc4c3Cl)sc2C)s1. The Labute approximate surface area is 188 Å². The minimum atomic E-state index is -0.376. The molecule has 5 nitrogen and oxygen atoms in total. The number of nitrogens with one attached hydrogen (secondary N) is 2. The number of hydrogen-bond donors (Lipinski definition) is 2. The van der Waals surface area contributed by atoms with Crippen LogP contribution in [0.2, 0.25) is 5.02 Å². The van der Waals surface area contributed by atoms with Gasteiger partial charge < -0.3 is 5.32 Å². The molecule has 0 saturated heterocycles. The molecule has 4 aromatic rings. The van der Waals surface area contributed by atoms with E-state index in [4.69, 9.17) is 11.6 Å². The van der Waals surface area contributed by atoms with E-state index in [0.717, 1.165) is 31.7 Å². The van der Waals surface area contributed by atoms with Gasteiger partial charge in [-0.2, -0.15) is 0 Å². The highest BCUT2D eigenvalue weighted by atomic mass is 35.5. The Morgan fingerprint density at radius 2 is 1.97 bits per heavy atom. The highest BCUT2D eigenvalue weighted by molar-refractivity contribution is 7.22. The van der Waals surface area contributed by atoms with E-state index >= 15 is 0 Å². The van der Waals surface area contributed by atoms with Crippen LogP contribution in [-0.4, -0.2) is 16.8 Å². The molecule has 0 aliphatic heterocycles. The molecule has 0 fully saturated rings. The average molecular weight is 480 g/mol. The number of anilines is 1. The summed E-state index contributed by atoms with van der Waals surface area (Å²) in [5.41, 5.74) is 0.791. The third-order valence-electron chi connectivity index (χ3n) is 4.22. The zero-order chi connectivity index (χ0) is 21.4. The van der Waals surface area contributed by atoms with Crippen molar-refractivity contribution in [1.29, 1.82) is 0 Å². The molecule has 30 heavy (non-hydrogen) atoms. The molecule has 0 saturated carbocycles. The normalized spacial score (nSPS) is 11.1. The molecular formula is C20H15ClFN3O2S3. The fourth-order valence-corrected chi connectivity index (χ4v) is 6.15. The first kappa shape index (κ1) is 20.9. The first-order valence-electron chi connectivity index (χ1n) is 8.81. The molecule has 154 valence electrons. The number of halogens is 2. The maximum Gasteiger partial charge on any atom is 0.269 e. The topological polar surface area (TPSA) is 71.1 Å². The summed E-state index contributed by atoms with van der Waals surface area (Å²) in [7, 11) is 0. The standard InChI is InChI=1S/C20H15ClFN3O2S3/c1-9-17(14-6-4-12(29-14)8-23-10(2)26)24-20(28-9)25-19(27)18-16(21)13-5-3-11(22)7-15(13)30-18/h3-7H,8H2,1-2H3,(H,23,26)(H,24,25,27). The Morgan fingerprint density at radius 1 is 1.17 bits per heavy atom. The van der Waals surface area contributed by atoms with Crippen molar-refractivity contribution in [3.63, 3.8) is 0 Å². The predicted molar refractivity (Wildman–Crippen MR) is 122 cm³/mol. The van der Waals surface area contributed by atoms with Crippen molar-refractivity contribution in [1.82, 2.24) is 10.3 Å². The Morgan fingerprint density at radius 3 is 2.73 bits per heavy atom. The number of rotatable bonds is 5. The number of carbonyl (C=O) groups is 2. The zero-order valence-corrected chi connectivity index (χ0v) is 19.0. The maximum atomic E-state index is 13.5. The summed E-state index contributed by atoms with van der Waals surface area (Å²) < 4.78 is 14.1. The summed E-state index contributed by atoms with van der Waals surface area (Å²) in [6.45, 7) is 3.89. The van der Waals surface area contributed by atoms with Crippen LogP contribution in [0.4, 0.5) is 9.52 Å². The number of nitrogens with zero attached hydrogens (tertiary/aromatic N) is 1. The number of benzene rings is 1. The summed E-state index contributed by atoms with van der Waals surface area (Å²) in [5.74, 6) is -0.830. The van der Waals surface area contributed by atoms with Gasteiger partial charge in [0.25, 0.3) is 5.91 Å². The van der Waals surface area contributed by atoms with Crippen LogP contribution in [0.3, 0.4) is 0 Å². The van der Waals surface area contributed by atoms with Gasteiger partial charge in [-0.25, -0.2) is 9.37 Å². The Bertz CT molecular complexity index is 1280. The molecule has 0 unspecified atom stereocenters. The minimum Gasteiger partial charge on any atom is -0.351 e. The van der Waals surface area contributed by atoms with Crippen LogP contribution in [0.1, 0.15) is 26.3 Å². The van der Waals surface area contributed by atoms with Gasteiger partial charge in [0.15, 0.2) is 5.13 Å². The monoisotopic (exact) mass is 479 g/mol. The van der Waals surface area contributed by atoms with Gasteiger partial charge in [-0.05, 0) is 37.3 Å². The number of thiazole rings is 1. The van der Waals surface area contributed by atoms with Crippen molar-refractivity contribution < 1.29 is 14.0 Å². The van der Waals surface area contributed by atoms with Crippen LogP contribution >= 0.6 is 45.6 Å². The Kier molecular flexibility index (Phi) is 5.88. The van der Waals surface area contributed by atoms with Gasteiger partial charge in [0.05, 0.1) is 22.1 Å². The third-order valence-corrected chi connectivity index (χ3v) is 7.86. The molecule has 1 aromatic carbocycles. The van der Waals surface area contributed by atoms with Crippen LogP contribution in [0.5, 0.6) is 0 Å². The first-order valence-corrected chi connectivity index (χ1v) is 11.6. The number of fused-ring (bicyclic) bond motifs is 1. The summed E-state index contributed by atoms with van der Waals surface area (Å²) >= 11 is 10.4. The molecule has 0 aliphatic carbocycles. The molecule has 3 heterocycles. The Hall–Kier alpha value is -2.33. The molecule has 0 aliphatic rings. The largest absolute Gasteiger partial charge is 0.351 e. The van der Waals surface area contributed by atoms with Crippen molar-refractivity contribution in [2.75, 3.05) is 5.32 Å². The van der Waals surface area contributed by atoms with Crippen LogP contribution in [-0.2, 0) is 11.3 Å². The number of hydrogen-bond acceptors (Lipinski definition) is 6. The minimum absolute atomic E-state index is 0.0811. The molecule has 4 rings (SSSR count). The molecule has 0 bridgehead atoms. The van der Waals surface area contributed by atoms with Gasteiger partial charge in [0.1, 0.15) is 10.7 Å². The smallest absolute Gasteiger partial charge is 0.269 e. The summed E-state index contributed by atoms with van der Waals surface area (Å²) in [6.07, 6.45) is 0. The van der Waals surface area contributed by atoms with E-state index in [2.05, 4.69) is 15.6 Å². The molecule has 10 heteroatoms. The first-order chi connectivity index (χ1) is 14.3. The fourth-order valence-electron chi connectivity index (χ4n) is 2.83. The molecular weight excluding hydrogens is 465 g/mol. The van der Waals surface area contributed by atoms with Gasteiger partial charge in [-0.15, -0.1) is 34.0 Å². The molecule has 0 spiro atoms. The molecule has 2 amide bonds. The van der Waals surface area contributed by atoms with Crippen molar-refractivity contribution in [3.05, 3.63) is 55.8 Å². The van der Waals surface area contributed by atoms with Gasteiger partial charge in [-0.3, -0.25) is 14.9 Å². The number of amides is 2. The molecule has 0 atom stereocenters. The van der Waals surface area contributed by atoms with Crippen LogP contribution in [0.25, 0.3) is 20.7 Å². The number of aryl methyl sites for hydroxylation is 1. The predicted octanol–water partition coefficient (Wildman–Crippen LogP) is 6.08. The van der Waals surface area contributed by atoms with E-state index in [1.54, 1.807) is 6.07 Å². The van der Waals surface area contributed by atoms with E-state index in [1.807, 2.05) is 19.1 Å². The highest BCUT2D eigenvalue weighted by Gasteiger charge is 2.20. The lowest BCUT2D eigenvalue weighted by atomic mass is 10.2. The third kappa shape index (κ3) is 4.24. The quantitative estimate of drug-likeness (QED) is 0.364. The second kappa shape index (κ2) is 8.43. The number of carbonyl (C=O) groups excluding carboxylic acids is 2. The highest BCUT2D eigenvalue weighted by Crippen LogP contribution is 2.38. The van der Waals surface area contributed by atoms with Crippen molar-refractivity contribution in [2.24, 2.45) is 0 Å².